The van der Waals surface area contributed by atoms with Crippen molar-refractivity contribution < 1.29 is 44.1 Å². The second kappa shape index (κ2) is 12.9. The first-order valence-corrected chi connectivity index (χ1v) is 12.4. The number of hydrogen-bond acceptors (Lipinski definition) is 7. The van der Waals surface area contributed by atoms with Crippen molar-refractivity contribution in [2.24, 2.45) is 5.73 Å². The lowest BCUT2D eigenvalue weighted by Gasteiger charge is -2.28. The van der Waals surface area contributed by atoms with Crippen LogP contribution in [0.3, 0.4) is 0 Å². The van der Waals surface area contributed by atoms with Crippen molar-refractivity contribution in [3.63, 3.8) is 0 Å². The van der Waals surface area contributed by atoms with Gasteiger partial charge in [0.25, 0.3) is 0 Å². The molecule has 8 N–H and O–H groups in total. The van der Waals surface area contributed by atoms with Crippen LogP contribution in [0, 0.1) is 0 Å². The van der Waals surface area contributed by atoms with Crippen LogP contribution >= 0.6 is 0 Å². The Hall–Kier alpha value is -4.46. The van der Waals surface area contributed by atoms with Crippen molar-refractivity contribution in [1.82, 2.24) is 20.5 Å². The third-order valence-corrected chi connectivity index (χ3v) is 6.55. The lowest BCUT2D eigenvalue weighted by molar-refractivity contribution is -0.150. The Morgan fingerprint density at radius 1 is 1.00 bits per heavy atom. The first kappa shape index (κ1) is 29.1. The summed E-state index contributed by atoms with van der Waals surface area (Å²) in [6.45, 7) is 0.104. The first-order chi connectivity index (χ1) is 18.5. The van der Waals surface area contributed by atoms with Crippen molar-refractivity contribution in [3.8, 4) is 0 Å². The van der Waals surface area contributed by atoms with Crippen LogP contribution in [-0.4, -0.2) is 91.5 Å². The summed E-state index contributed by atoms with van der Waals surface area (Å²) in [5, 5.41) is 33.3. The number of aromatic amines is 1. The van der Waals surface area contributed by atoms with E-state index in [9.17, 15) is 39.0 Å². The summed E-state index contributed by atoms with van der Waals surface area (Å²) in [6, 6.07) is 2.01. The van der Waals surface area contributed by atoms with Gasteiger partial charge in [-0.1, -0.05) is 18.2 Å². The zero-order valence-corrected chi connectivity index (χ0v) is 21.0. The number of nitrogens with zero attached hydrogens (tertiary/aromatic N) is 1. The molecule has 0 bridgehead atoms. The van der Waals surface area contributed by atoms with E-state index in [0.29, 0.717) is 6.42 Å². The van der Waals surface area contributed by atoms with Gasteiger partial charge in [-0.25, -0.2) is 4.79 Å². The number of nitrogens with one attached hydrogen (secondary N) is 3. The molecule has 1 aromatic heterocycles. The minimum Gasteiger partial charge on any atom is -0.481 e. The van der Waals surface area contributed by atoms with E-state index in [1.807, 2.05) is 24.3 Å². The number of hydrogen-bond donors (Lipinski definition) is 7. The summed E-state index contributed by atoms with van der Waals surface area (Å²) in [6.07, 6.45) is 0.674. The predicted octanol–water partition coefficient (Wildman–Crippen LogP) is -0.578. The lowest BCUT2D eigenvalue weighted by Crippen LogP contribution is -2.57. The summed E-state index contributed by atoms with van der Waals surface area (Å²) in [7, 11) is 0. The summed E-state index contributed by atoms with van der Waals surface area (Å²) in [4.78, 5) is 77.2. The van der Waals surface area contributed by atoms with Gasteiger partial charge in [0.2, 0.25) is 17.7 Å². The lowest BCUT2D eigenvalue weighted by atomic mass is 10.0. The first-order valence-electron chi connectivity index (χ1n) is 12.4. The molecule has 1 fully saturated rings. The van der Waals surface area contributed by atoms with Crippen LogP contribution in [0.4, 0.5) is 0 Å². The van der Waals surface area contributed by atoms with Crippen LogP contribution in [0.25, 0.3) is 10.9 Å². The molecule has 2 aromatic rings. The van der Waals surface area contributed by atoms with E-state index in [1.165, 1.54) is 0 Å². The summed E-state index contributed by atoms with van der Waals surface area (Å²) in [5.41, 5.74) is 7.63. The number of fused-ring (bicyclic) bond motifs is 1. The van der Waals surface area contributed by atoms with Crippen molar-refractivity contribution in [1.29, 1.82) is 0 Å². The van der Waals surface area contributed by atoms with Crippen LogP contribution in [0.1, 0.15) is 37.7 Å². The van der Waals surface area contributed by atoms with Crippen molar-refractivity contribution in [3.05, 3.63) is 36.0 Å². The number of amides is 3. The maximum atomic E-state index is 13.1. The summed E-state index contributed by atoms with van der Waals surface area (Å²) in [5.74, 6) is -6.55. The van der Waals surface area contributed by atoms with Crippen LogP contribution in [0.15, 0.2) is 30.5 Å². The highest BCUT2D eigenvalue weighted by Gasteiger charge is 2.38. The third-order valence-electron chi connectivity index (χ3n) is 6.55. The van der Waals surface area contributed by atoms with E-state index in [2.05, 4.69) is 15.6 Å². The number of H-pyrrole nitrogens is 1. The molecule has 39 heavy (non-hydrogen) atoms. The molecule has 4 unspecified atom stereocenters. The van der Waals surface area contributed by atoms with Gasteiger partial charge in [-0.2, -0.15) is 0 Å². The molecule has 1 aliphatic rings. The monoisotopic (exact) mass is 545 g/mol. The zero-order chi connectivity index (χ0) is 28.7. The van der Waals surface area contributed by atoms with Gasteiger partial charge in [0, 0.05) is 30.1 Å². The molecular weight excluding hydrogens is 514 g/mol. The minimum atomic E-state index is -1.63. The fourth-order valence-corrected chi connectivity index (χ4v) is 4.58. The van der Waals surface area contributed by atoms with Crippen LogP contribution in [0.2, 0.25) is 0 Å². The third kappa shape index (κ3) is 7.54. The quantitative estimate of drug-likeness (QED) is 0.169. The Morgan fingerprint density at radius 3 is 2.36 bits per heavy atom. The second-order valence-electron chi connectivity index (χ2n) is 9.35. The Morgan fingerprint density at radius 2 is 1.69 bits per heavy atom. The van der Waals surface area contributed by atoms with E-state index in [4.69, 9.17) is 10.8 Å². The SMILES string of the molecule is NC(Cc1c[nH]c2ccccc12)C(=O)NC(CC(=O)O)C(=O)NC(CCC(=O)O)C(=O)N1CCCC1C(=O)O. The molecule has 1 aliphatic heterocycles. The molecule has 0 radical (unpaired) electrons. The number of carbonyl (C=O) groups is 6. The van der Waals surface area contributed by atoms with Crippen molar-refractivity contribution in [2.45, 2.75) is 62.7 Å². The van der Waals surface area contributed by atoms with Crippen LogP contribution < -0.4 is 16.4 Å². The van der Waals surface area contributed by atoms with E-state index in [0.717, 1.165) is 21.4 Å². The van der Waals surface area contributed by atoms with E-state index in [1.54, 1.807) is 6.20 Å². The highest BCUT2D eigenvalue weighted by molar-refractivity contribution is 5.96. The molecule has 0 spiro atoms. The number of nitrogens with two attached hydrogens (primary N) is 1. The Balaban J connectivity index is 1.72. The molecule has 0 saturated carbocycles. The number of carboxylic acid groups (broad SMARTS) is 3. The van der Waals surface area contributed by atoms with Gasteiger partial charge >= 0.3 is 17.9 Å². The number of benzene rings is 1. The van der Waals surface area contributed by atoms with Gasteiger partial charge in [0.1, 0.15) is 18.1 Å². The van der Waals surface area contributed by atoms with Crippen LogP contribution in [0.5, 0.6) is 0 Å². The molecule has 3 rings (SSSR count). The smallest absolute Gasteiger partial charge is 0.326 e. The fourth-order valence-electron chi connectivity index (χ4n) is 4.58. The number of carboxylic acids is 3. The molecule has 14 heteroatoms. The Kier molecular flexibility index (Phi) is 9.60. The van der Waals surface area contributed by atoms with Crippen molar-refractivity contribution in [2.75, 3.05) is 6.54 Å². The molecule has 2 heterocycles. The van der Waals surface area contributed by atoms with Crippen molar-refractivity contribution >= 4 is 46.5 Å². The molecule has 210 valence electrons. The maximum Gasteiger partial charge on any atom is 0.326 e. The van der Waals surface area contributed by atoms with E-state index < -0.39 is 72.6 Å². The Bertz CT molecular complexity index is 1260. The predicted molar refractivity (Wildman–Crippen MR) is 135 cm³/mol. The molecule has 4 atom stereocenters. The van der Waals surface area contributed by atoms with Gasteiger partial charge < -0.3 is 41.6 Å². The average Bonchev–Trinajstić information content (AvgIpc) is 3.53. The number of para-hydroxylation sites is 1. The standard InChI is InChI=1S/C25H31N5O9/c26-15(10-13-12-27-16-5-2-1-4-14(13)16)22(35)29-18(11-21(33)34)23(36)28-17(7-8-20(31)32)24(37)30-9-3-6-19(30)25(38)39/h1-2,4-5,12,15,17-19,27H,3,6-11,26H2,(H,28,36)(H,29,35)(H,31,32)(H,33,34)(H,38,39). The van der Waals surface area contributed by atoms with Crippen LogP contribution in [-0.2, 0) is 35.2 Å². The summed E-state index contributed by atoms with van der Waals surface area (Å²) < 4.78 is 0. The maximum absolute atomic E-state index is 13.1. The van der Waals surface area contributed by atoms with Gasteiger partial charge in [-0.15, -0.1) is 0 Å². The van der Waals surface area contributed by atoms with E-state index >= 15 is 0 Å². The number of likely N-dealkylation sites (tertiary alicyclic amines) is 1. The molecule has 0 aliphatic carbocycles. The van der Waals surface area contributed by atoms with Gasteiger partial charge in [-0.05, 0) is 37.3 Å². The number of aliphatic carboxylic acids is 3. The highest BCUT2D eigenvalue weighted by Crippen LogP contribution is 2.20. The minimum absolute atomic E-state index is 0.0858. The highest BCUT2D eigenvalue weighted by atomic mass is 16.4. The molecule has 1 aromatic carbocycles. The number of rotatable bonds is 13. The fraction of sp³-hybridized carbons (Fsp3) is 0.440. The molecule has 3 amide bonds. The van der Waals surface area contributed by atoms with Gasteiger partial charge in [0.15, 0.2) is 0 Å². The number of aromatic nitrogens is 1. The van der Waals surface area contributed by atoms with E-state index in [-0.39, 0.29) is 25.8 Å². The zero-order valence-electron chi connectivity index (χ0n) is 21.0. The Labute approximate surface area is 222 Å². The van der Waals surface area contributed by atoms with Gasteiger partial charge in [-0.3, -0.25) is 24.0 Å². The normalized spacial score (nSPS) is 17.3. The average molecular weight is 546 g/mol. The topological polar surface area (TPSA) is 232 Å². The summed E-state index contributed by atoms with van der Waals surface area (Å²) >= 11 is 0. The number of carbonyl (C=O) groups excluding carboxylic acids is 3. The van der Waals surface area contributed by atoms with Gasteiger partial charge in [0.05, 0.1) is 12.5 Å². The molecule has 14 nitrogen and oxygen atoms in total. The molecule has 1 saturated heterocycles. The second-order valence-corrected chi connectivity index (χ2v) is 9.35. The molecular formula is C25H31N5O9. The largest absolute Gasteiger partial charge is 0.481 e.